The van der Waals surface area contributed by atoms with Crippen molar-refractivity contribution in [3.63, 3.8) is 0 Å². The highest BCUT2D eigenvalue weighted by Crippen LogP contribution is 2.36. The molecule has 0 radical (unpaired) electrons. The molecule has 0 saturated heterocycles. The van der Waals surface area contributed by atoms with E-state index >= 15 is 0 Å². The van der Waals surface area contributed by atoms with E-state index in [1.165, 1.54) is 6.07 Å². The second kappa shape index (κ2) is 7.76. The molecule has 0 aliphatic heterocycles. The van der Waals surface area contributed by atoms with Crippen molar-refractivity contribution in [3.05, 3.63) is 52.8 Å². The summed E-state index contributed by atoms with van der Waals surface area (Å²) in [6.07, 6.45) is -3.07. The van der Waals surface area contributed by atoms with Crippen molar-refractivity contribution in [2.75, 3.05) is 13.6 Å². The van der Waals surface area contributed by atoms with Crippen LogP contribution in [0.1, 0.15) is 23.6 Å². The Bertz CT molecular complexity index is 816. The molecule has 0 aliphatic rings. The normalized spacial score (nSPS) is 11.8. The fourth-order valence-corrected chi connectivity index (χ4v) is 2.19. The summed E-state index contributed by atoms with van der Waals surface area (Å²) in [5.41, 5.74) is 0.983. The van der Waals surface area contributed by atoms with E-state index in [-0.39, 0.29) is 5.75 Å². The Hall–Kier alpha value is -2.57. The largest absolute Gasteiger partial charge is 0.457 e. The van der Waals surface area contributed by atoms with Gasteiger partial charge in [0.05, 0.1) is 17.6 Å². The lowest BCUT2D eigenvalue weighted by Crippen LogP contribution is -2.14. The van der Waals surface area contributed by atoms with Crippen LogP contribution in [0.2, 0.25) is 0 Å². The maximum atomic E-state index is 13.4. The van der Waals surface area contributed by atoms with Crippen LogP contribution in [0.25, 0.3) is 0 Å². The Morgan fingerprint density at radius 1 is 1.12 bits per heavy atom. The molecule has 2 rings (SSSR count). The quantitative estimate of drug-likeness (QED) is 0.375. The van der Waals surface area contributed by atoms with Crippen LogP contribution < -0.4 is 4.74 Å². The molecule has 0 heterocycles. The summed E-state index contributed by atoms with van der Waals surface area (Å²) in [6, 6.07) is 5.94. The van der Waals surface area contributed by atoms with E-state index in [9.17, 15) is 17.6 Å². The zero-order chi connectivity index (χ0) is 19.5. The molecule has 0 fully saturated rings. The first-order valence-corrected chi connectivity index (χ1v) is 8.02. The molecule has 2 aromatic carbocycles. The third-order valence-corrected chi connectivity index (χ3v) is 4.07. The Morgan fingerprint density at radius 2 is 1.81 bits per heavy atom. The molecule has 0 saturated carbocycles. The van der Waals surface area contributed by atoms with Gasteiger partial charge in [0.2, 0.25) is 0 Å². The van der Waals surface area contributed by atoms with Crippen LogP contribution in [0.4, 0.5) is 23.2 Å². The summed E-state index contributed by atoms with van der Waals surface area (Å²) in [4.78, 5) is 6.30. The van der Waals surface area contributed by atoms with Gasteiger partial charge in [-0.15, -0.1) is 0 Å². The molecule has 7 heteroatoms. The fraction of sp³-hybridized carbons (Fsp3) is 0.316. The van der Waals surface area contributed by atoms with Crippen molar-refractivity contribution in [1.82, 2.24) is 4.90 Å². The average Bonchev–Trinajstić information content (AvgIpc) is 2.58. The van der Waals surface area contributed by atoms with Crippen molar-refractivity contribution >= 4 is 12.0 Å². The van der Waals surface area contributed by atoms with Gasteiger partial charge in [-0.25, -0.2) is 9.38 Å². The summed E-state index contributed by atoms with van der Waals surface area (Å²) in [5.74, 6) is -1.02. The van der Waals surface area contributed by atoms with Crippen LogP contribution in [0.5, 0.6) is 11.5 Å². The van der Waals surface area contributed by atoms with Crippen molar-refractivity contribution < 1.29 is 22.3 Å². The molecule has 140 valence electrons. The van der Waals surface area contributed by atoms with Gasteiger partial charge in [0.15, 0.2) is 0 Å². The average molecular weight is 368 g/mol. The van der Waals surface area contributed by atoms with Crippen LogP contribution in [-0.4, -0.2) is 24.8 Å². The van der Waals surface area contributed by atoms with Gasteiger partial charge in [-0.05, 0) is 62.2 Å². The van der Waals surface area contributed by atoms with E-state index in [0.717, 1.165) is 29.4 Å². The van der Waals surface area contributed by atoms with Gasteiger partial charge < -0.3 is 9.64 Å². The van der Waals surface area contributed by atoms with Crippen LogP contribution in [0, 0.1) is 19.7 Å². The second-order valence-corrected chi connectivity index (χ2v) is 5.89. The lowest BCUT2D eigenvalue weighted by Gasteiger charge is -2.15. The maximum Gasteiger partial charge on any atom is 0.419 e. The molecule has 0 atom stereocenters. The number of hydrogen-bond acceptors (Lipinski definition) is 2. The molecule has 0 N–H and O–H groups in total. The van der Waals surface area contributed by atoms with Gasteiger partial charge in [-0.2, -0.15) is 13.2 Å². The summed E-state index contributed by atoms with van der Waals surface area (Å²) in [7, 11) is 1.90. The van der Waals surface area contributed by atoms with Crippen LogP contribution in [0.15, 0.2) is 35.3 Å². The number of benzene rings is 2. The molecule has 0 bridgehead atoms. The van der Waals surface area contributed by atoms with Gasteiger partial charge in [-0.1, -0.05) is 0 Å². The predicted octanol–water partition coefficient (Wildman–Crippen LogP) is 5.87. The van der Waals surface area contributed by atoms with E-state index in [1.807, 2.05) is 25.8 Å². The van der Waals surface area contributed by atoms with Gasteiger partial charge in [0.25, 0.3) is 0 Å². The third-order valence-electron chi connectivity index (χ3n) is 4.07. The predicted molar refractivity (Wildman–Crippen MR) is 93.8 cm³/mol. The number of rotatable bonds is 5. The van der Waals surface area contributed by atoms with E-state index in [1.54, 1.807) is 25.4 Å². The summed E-state index contributed by atoms with van der Waals surface area (Å²) >= 11 is 0. The molecule has 26 heavy (non-hydrogen) atoms. The number of ether oxygens (including phenoxy) is 1. The lowest BCUT2D eigenvalue weighted by atomic mass is 10.1. The first-order chi connectivity index (χ1) is 12.1. The van der Waals surface area contributed by atoms with Crippen molar-refractivity contribution in [2.45, 2.75) is 26.9 Å². The molecular weight excluding hydrogens is 348 g/mol. The molecule has 0 spiro atoms. The highest BCUT2D eigenvalue weighted by atomic mass is 19.4. The monoisotopic (exact) mass is 368 g/mol. The zero-order valence-electron chi connectivity index (χ0n) is 15.0. The van der Waals surface area contributed by atoms with E-state index in [2.05, 4.69) is 4.99 Å². The summed E-state index contributed by atoms with van der Waals surface area (Å²) in [6.45, 7) is 6.46. The van der Waals surface area contributed by atoms with E-state index in [4.69, 9.17) is 4.74 Å². The number of nitrogens with zero attached hydrogens (tertiary/aromatic N) is 2. The number of alkyl halides is 3. The first kappa shape index (κ1) is 19.8. The highest BCUT2D eigenvalue weighted by molar-refractivity contribution is 5.65. The first-order valence-electron chi connectivity index (χ1n) is 8.02. The van der Waals surface area contributed by atoms with E-state index < -0.39 is 17.6 Å². The Morgan fingerprint density at radius 3 is 2.42 bits per heavy atom. The van der Waals surface area contributed by atoms with Crippen molar-refractivity contribution in [2.24, 2.45) is 4.99 Å². The van der Waals surface area contributed by atoms with E-state index in [0.29, 0.717) is 11.8 Å². The minimum Gasteiger partial charge on any atom is -0.457 e. The molecule has 0 amide bonds. The summed E-state index contributed by atoms with van der Waals surface area (Å²) < 4.78 is 57.4. The molecule has 0 aromatic heterocycles. The number of hydrogen-bond donors (Lipinski definition) is 0. The lowest BCUT2D eigenvalue weighted by molar-refractivity contribution is -0.140. The standard InChI is InChI=1S/C19H20F4N2O/c1-5-25(4)11-24-17-8-9-18(13(3)12(17)2)26-14-6-7-16(20)15(10-14)19(21,22)23/h6-11H,5H2,1-4H3. The van der Waals surface area contributed by atoms with Crippen LogP contribution >= 0.6 is 0 Å². The SMILES string of the molecule is CCN(C)C=Nc1ccc(Oc2ccc(F)c(C(F)(F)F)c2)c(C)c1C. The zero-order valence-corrected chi connectivity index (χ0v) is 15.0. The Labute approximate surface area is 149 Å². The molecule has 0 unspecified atom stereocenters. The topological polar surface area (TPSA) is 24.8 Å². The summed E-state index contributed by atoms with van der Waals surface area (Å²) in [5, 5.41) is 0. The van der Waals surface area contributed by atoms with Crippen LogP contribution in [-0.2, 0) is 6.18 Å². The second-order valence-electron chi connectivity index (χ2n) is 5.89. The number of halogens is 4. The minimum atomic E-state index is -4.78. The van der Waals surface area contributed by atoms with Gasteiger partial charge in [0.1, 0.15) is 17.3 Å². The Balaban J connectivity index is 2.31. The van der Waals surface area contributed by atoms with Crippen molar-refractivity contribution in [3.8, 4) is 11.5 Å². The van der Waals surface area contributed by atoms with Crippen molar-refractivity contribution in [1.29, 1.82) is 0 Å². The smallest absolute Gasteiger partial charge is 0.419 e. The molecule has 0 aliphatic carbocycles. The molecule has 2 aromatic rings. The third kappa shape index (κ3) is 4.53. The highest BCUT2D eigenvalue weighted by Gasteiger charge is 2.34. The van der Waals surface area contributed by atoms with Gasteiger partial charge in [0, 0.05) is 13.6 Å². The molecular formula is C19H20F4N2O. The number of aliphatic imine (C=N–C) groups is 1. The maximum absolute atomic E-state index is 13.4. The minimum absolute atomic E-state index is 0.0804. The Kier molecular flexibility index (Phi) is 5.90. The van der Waals surface area contributed by atoms with Gasteiger partial charge in [-0.3, -0.25) is 0 Å². The van der Waals surface area contributed by atoms with Gasteiger partial charge >= 0.3 is 6.18 Å². The van der Waals surface area contributed by atoms with Crippen LogP contribution in [0.3, 0.4) is 0 Å². The molecule has 3 nitrogen and oxygen atoms in total. The fourth-order valence-electron chi connectivity index (χ4n) is 2.19.